The molecule has 0 aliphatic rings. The third kappa shape index (κ3) is 3.10. The summed E-state index contributed by atoms with van der Waals surface area (Å²) in [4.78, 5) is 12.2. The Balaban J connectivity index is 1.58. The molecule has 0 spiro atoms. The van der Waals surface area contributed by atoms with Crippen LogP contribution in [0.4, 0.5) is 10.8 Å². The number of rotatable bonds is 4. The monoisotopic (exact) mass is 353 g/mol. The summed E-state index contributed by atoms with van der Waals surface area (Å²) >= 11 is 3.14. The molecular formula is C16H11N5OS2. The number of hydrogen-bond acceptors (Lipinski definition) is 7. The second-order valence-corrected chi connectivity index (χ2v) is 6.83. The molecule has 0 aliphatic heterocycles. The van der Waals surface area contributed by atoms with Crippen molar-refractivity contribution in [3.05, 3.63) is 64.3 Å². The van der Waals surface area contributed by atoms with Gasteiger partial charge in [0, 0.05) is 17.3 Å². The maximum Gasteiger partial charge on any atom is 0.264 e. The Morgan fingerprint density at radius 3 is 2.79 bits per heavy atom. The molecule has 0 bridgehead atoms. The van der Waals surface area contributed by atoms with Gasteiger partial charge in [0.1, 0.15) is 0 Å². The number of benzene rings is 1. The van der Waals surface area contributed by atoms with Gasteiger partial charge in [0.2, 0.25) is 5.13 Å². The van der Waals surface area contributed by atoms with Crippen LogP contribution >= 0.6 is 22.7 Å². The van der Waals surface area contributed by atoms with Gasteiger partial charge >= 0.3 is 0 Å². The molecule has 4 aromatic rings. The molecule has 4 rings (SSSR count). The van der Waals surface area contributed by atoms with Crippen LogP contribution < -0.4 is 10.9 Å². The van der Waals surface area contributed by atoms with E-state index in [1.807, 2.05) is 41.8 Å². The molecule has 6 nitrogen and oxygen atoms in total. The van der Waals surface area contributed by atoms with Crippen molar-refractivity contribution >= 4 is 33.5 Å². The van der Waals surface area contributed by atoms with Gasteiger partial charge in [-0.2, -0.15) is 5.10 Å². The van der Waals surface area contributed by atoms with E-state index in [0.29, 0.717) is 5.69 Å². The lowest BCUT2D eigenvalue weighted by Gasteiger charge is -2.05. The number of anilines is 2. The van der Waals surface area contributed by atoms with Gasteiger partial charge in [-0.1, -0.05) is 29.5 Å². The first kappa shape index (κ1) is 14.7. The predicted octanol–water partition coefficient (Wildman–Crippen LogP) is 3.76. The first-order chi connectivity index (χ1) is 11.8. The summed E-state index contributed by atoms with van der Waals surface area (Å²) in [6.45, 7) is 0. The highest BCUT2D eigenvalue weighted by Crippen LogP contribution is 2.31. The largest absolute Gasteiger partial charge is 0.330 e. The van der Waals surface area contributed by atoms with Crippen molar-refractivity contribution in [1.29, 1.82) is 0 Å². The summed E-state index contributed by atoms with van der Waals surface area (Å²) in [6.07, 6.45) is 0. The molecule has 0 aliphatic carbocycles. The standard InChI is InChI=1S/C16H11N5OS2/c22-14-7-6-12(18-19-14)10-3-1-4-11(9-10)17-16-21-20-15(24-16)13-5-2-8-23-13/h1-9H,(H,17,21)(H,19,22). The van der Waals surface area contributed by atoms with Gasteiger partial charge in [-0.15, -0.1) is 21.5 Å². The van der Waals surface area contributed by atoms with Crippen LogP contribution in [0.25, 0.3) is 21.1 Å². The van der Waals surface area contributed by atoms with E-state index < -0.39 is 0 Å². The molecule has 3 heterocycles. The molecule has 0 amide bonds. The minimum Gasteiger partial charge on any atom is -0.330 e. The summed E-state index contributed by atoms with van der Waals surface area (Å²) in [6, 6.07) is 14.9. The van der Waals surface area contributed by atoms with Gasteiger partial charge in [-0.05, 0) is 29.6 Å². The van der Waals surface area contributed by atoms with E-state index in [9.17, 15) is 4.79 Å². The highest BCUT2D eigenvalue weighted by atomic mass is 32.1. The van der Waals surface area contributed by atoms with Crippen molar-refractivity contribution in [3.8, 4) is 21.1 Å². The Morgan fingerprint density at radius 1 is 1.04 bits per heavy atom. The zero-order valence-electron chi connectivity index (χ0n) is 12.3. The van der Waals surface area contributed by atoms with Crippen LogP contribution in [0.1, 0.15) is 0 Å². The molecule has 24 heavy (non-hydrogen) atoms. The summed E-state index contributed by atoms with van der Waals surface area (Å²) in [5, 5.41) is 21.8. The van der Waals surface area contributed by atoms with Crippen LogP contribution in [-0.4, -0.2) is 20.4 Å². The third-order valence-electron chi connectivity index (χ3n) is 3.25. The van der Waals surface area contributed by atoms with Gasteiger partial charge < -0.3 is 5.32 Å². The minimum atomic E-state index is -0.219. The summed E-state index contributed by atoms with van der Waals surface area (Å²) in [5.41, 5.74) is 2.27. The van der Waals surface area contributed by atoms with Crippen molar-refractivity contribution in [2.24, 2.45) is 0 Å². The molecule has 118 valence electrons. The van der Waals surface area contributed by atoms with E-state index in [0.717, 1.165) is 26.3 Å². The van der Waals surface area contributed by atoms with E-state index in [1.165, 1.54) is 17.4 Å². The van der Waals surface area contributed by atoms with Gasteiger partial charge in [-0.25, -0.2) is 5.10 Å². The van der Waals surface area contributed by atoms with Crippen molar-refractivity contribution < 1.29 is 0 Å². The molecule has 0 fully saturated rings. The van der Waals surface area contributed by atoms with Crippen molar-refractivity contribution in [1.82, 2.24) is 20.4 Å². The highest BCUT2D eigenvalue weighted by Gasteiger charge is 2.08. The molecule has 8 heteroatoms. The first-order valence-electron chi connectivity index (χ1n) is 7.08. The zero-order valence-corrected chi connectivity index (χ0v) is 13.9. The summed E-state index contributed by atoms with van der Waals surface area (Å²) in [5.74, 6) is 0. The number of H-pyrrole nitrogens is 1. The van der Waals surface area contributed by atoms with Gasteiger partial charge in [0.25, 0.3) is 5.56 Å². The second-order valence-electron chi connectivity index (χ2n) is 4.90. The molecule has 3 aromatic heterocycles. The lowest BCUT2D eigenvalue weighted by Crippen LogP contribution is -2.05. The fourth-order valence-corrected chi connectivity index (χ4v) is 3.71. The fraction of sp³-hybridized carbons (Fsp3) is 0. The lowest BCUT2D eigenvalue weighted by atomic mass is 10.1. The van der Waals surface area contributed by atoms with Crippen molar-refractivity contribution in [2.75, 3.05) is 5.32 Å². The Bertz CT molecular complexity index is 1000. The number of thiophene rings is 1. The first-order valence-corrected chi connectivity index (χ1v) is 8.78. The van der Waals surface area contributed by atoms with Crippen LogP contribution in [0.5, 0.6) is 0 Å². The molecule has 2 N–H and O–H groups in total. The van der Waals surface area contributed by atoms with Crippen LogP contribution in [0, 0.1) is 0 Å². The van der Waals surface area contributed by atoms with Crippen LogP contribution in [0.15, 0.2) is 58.7 Å². The van der Waals surface area contributed by atoms with Crippen LogP contribution in [0.3, 0.4) is 0 Å². The SMILES string of the molecule is O=c1ccc(-c2cccc(Nc3nnc(-c4cccs4)s3)c2)n[nH]1. The molecule has 0 saturated carbocycles. The Morgan fingerprint density at radius 2 is 2.00 bits per heavy atom. The van der Waals surface area contributed by atoms with E-state index in [1.54, 1.807) is 17.4 Å². The minimum absolute atomic E-state index is 0.219. The van der Waals surface area contributed by atoms with E-state index in [4.69, 9.17) is 0 Å². The van der Waals surface area contributed by atoms with Crippen LogP contribution in [0.2, 0.25) is 0 Å². The molecule has 0 atom stereocenters. The molecule has 1 aromatic carbocycles. The molecule has 0 unspecified atom stereocenters. The van der Waals surface area contributed by atoms with Crippen LogP contribution in [-0.2, 0) is 0 Å². The predicted molar refractivity (Wildman–Crippen MR) is 96.8 cm³/mol. The molecule has 0 radical (unpaired) electrons. The number of nitrogens with zero attached hydrogens (tertiary/aromatic N) is 3. The Kier molecular flexibility index (Phi) is 3.89. The fourth-order valence-electron chi connectivity index (χ4n) is 2.16. The number of aromatic nitrogens is 4. The lowest BCUT2D eigenvalue weighted by molar-refractivity contribution is 0.995. The van der Waals surface area contributed by atoms with E-state index >= 15 is 0 Å². The van der Waals surface area contributed by atoms with Gasteiger partial charge in [-0.3, -0.25) is 4.79 Å². The maximum absolute atomic E-state index is 11.1. The smallest absolute Gasteiger partial charge is 0.264 e. The van der Waals surface area contributed by atoms with E-state index in [2.05, 4.69) is 25.7 Å². The number of hydrogen-bond donors (Lipinski definition) is 2. The molecule has 0 saturated heterocycles. The van der Waals surface area contributed by atoms with Crippen molar-refractivity contribution in [3.63, 3.8) is 0 Å². The normalized spacial score (nSPS) is 10.7. The molecular weight excluding hydrogens is 342 g/mol. The van der Waals surface area contributed by atoms with Gasteiger partial charge in [0.15, 0.2) is 5.01 Å². The topological polar surface area (TPSA) is 83.6 Å². The Labute approximate surface area is 144 Å². The maximum atomic E-state index is 11.1. The van der Waals surface area contributed by atoms with Gasteiger partial charge in [0.05, 0.1) is 10.6 Å². The number of aromatic amines is 1. The quantitative estimate of drug-likeness (QED) is 0.584. The average Bonchev–Trinajstić information content (AvgIpc) is 3.27. The summed E-state index contributed by atoms with van der Waals surface area (Å²) in [7, 11) is 0. The Hall–Kier alpha value is -2.84. The average molecular weight is 353 g/mol. The number of nitrogens with one attached hydrogen (secondary N) is 2. The van der Waals surface area contributed by atoms with Crippen molar-refractivity contribution in [2.45, 2.75) is 0 Å². The third-order valence-corrected chi connectivity index (χ3v) is 5.12. The summed E-state index contributed by atoms with van der Waals surface area (Å²) < 4.78 is 0. The highest BCUT2D eigenvalue weighted by molar-refractivity contribution is 7.22. The zero-order chi connectivity index (χ0) is 16.4. The van der Waals surface area contributed by atoms with E-state index in [-0.39, 0.29) is 5.56 Å². The second kappa shape index (κ2) is 6.34.